The van der Waals surface area contributed by atoms with Gasteiger partial charge in [0.05, 0.1) is 32.5 Å². The van der Waals surface area contributed by atoms with Crippen molar-refractivity contribution in [1.82, 2.24) is 19.5 Å². The predicted molar refractivity (Wildman–Crippen MR) is 281 cm³/mol. The lowest BCUT2D eigenvalue weighted by Gasteiger charge is -2.25. The molecule has 0 bridgehead atoms. The molecule has 6 heteroatoms. The zero-order chi connectivity index (χ0) is 44.3. The molecular formula is C61H39N5S. The maximum Gasteiger partial charge on any atom is 0.235 e. The van der Waals surface area contributed by atoms with E-state index < -0.39 is 0 Å². The molecule has 0 radical (unpaired) electrons. The lowest BCUT2D eigenvalue weighted by Crippen LogP contribution is -2.09. The normalized spacial score (nSPS) is 11.6. The first kappa shape index (κ1) is 38.7. The average Bonchev–Trinajstić information content (AvgIpc) is 3.99. The molecule has 5 nitrogen and oxygen atoms in total. The second-order valence-electron chi connectivity index (χ2n) is 16.8. The van der Waals surface area contributed by atoms with Crippen molar-refractivity contribution < 1.29 is 0 Å². The summed E-state index contributed by atoms with van der Waals surface area (Å²) in [6, 6.07) is 83.8. The summed E-state index contributed by atoms with van der Waals surface area (Å²) >= 11 is 1.72. The monoisotopic (exact) mass is 873 g/mol. The molecule has 0 aliphatic heterocycles. The van der Waals surface area contributed by atoms with Crippen molar-refractivity contribution in [3.63, 3.8) is 0 Å². The third-order valence-electron chi connectivity index (χ3n) is 12.8. The molecule has 0 unspecified atom stereocenters. The average molecular weight is 874 g/mol. The maximum atomic E-state index is 5.53. The minimum absolute atomic E-state index is 0.619. The molecule has 67 heavy (non-hydrogen) atoms. The molecule has 0 saturated heterocycles. The van der Waals surface area contributed by atoms with Gasteiger partial charge in [0, 0.05) is 44.3 Å². The van der Waals surface area contributed by atoms with Gasteiger partial charge in [-0.1, -0.05) is 170 Å². The number of hydrogen-bond acceptors (Lipinski definition) is 5. The summed E-state index contributed by atoms with van der Waals surface area (Å²) in [4.78, 5) is 18.4. The molecule has 3 aromatic heterocycles. The molecule has 0 aliphatic rings. The summed E-state index contributed by atoms with van der Waals surface area (Å²) < 4.78 is 3.36. The van der Waals surface area contributed by atoms with Gasteiger partial charge in [0.15, 0.2) is 0 Å². The summed E-state index contributed by atoms with van der Waals surface area (Å²) in [7, 11) is 0. The van der Waals surface area contributed by atoms with Gasteiger partial charge >= 0.3 is 0 Å². The van der Waals surface area contributed by atoms with E-state index in [1.54, 1.807) is 11.3 Å². The molecule has 3 heterocycles. The van der Waals surface area contributed by atoms with Gasteiger partial charge < -0.3 is 4.90 Å². The van der Waals surface area contributed by atoms with Crippen LogP contribution in [-0.2, 0) is 0 Å². The number of rotatable bonds is 8. The number of benzene rings is 10. The number of para-hydroxylation sites is 3. The van der Waals surface area contributed by atoms with Crippen molar-refractivity contribution in [2.45, 2.75) is 0 Å². The highest BCUT2D eigenvalue weighted by molar-refractivity contribution is 7.22. The molecule has 0 atom stereocenters. The Labute approximate surface area is 391 Å². The van der Waals surface area contributed by atoms with Gasteiger partial charge in [-0.3, -0.25) is 4.57 Å². The molecule has 0 saturated carbocycles. The first-order valence-corrected chi connectivity index (χ1v) is 23.3. The molecule has 13 rings (SSSR count). The number of hydrogen-bond donors (Lipinski definition) is 0. The van der Waals surface area contributed by atoms with E-state index in [4.69, 9.17) is 15.0 Å². The Morgan fingerprint density at radius 3 is 1.75 bits per heavy atom. The first-order valence-electron chi connectivity index (χ1n) is 22.5. The van der Waals surface area contributed by atoms with Crippen molar-refractivity contribution in [2.75, 3.05) is 4.90 Å². The Hall–Kier alpha value is -8.71. The highest BCUT2D eigenvalue weighted by atomic mass is 32.1. The second-order valence-corrected chi connectivity index (χ2v) is 17.8. The molecular weight excluding hydrogens is 835 g/mol. The first-order chi connectivity index (χ1) is 33.2. The van der Waals surface area contributed by atoms with Crippen LogP contribution < -0.4 is 4.90 Å². The SMILES string of the molecule is c1ccc(-c2nc3ccc4c5cc(-c6ccc(N(c7ccccc7)c7ccccc7)cc6)ccc5n(-c5nc(-c6ccc(-c7cccc8ccccc78)cc6)c6ccccc6n5)c4c3s2)cc1. The van der Waals surface area contributed by atoms with Gasteiger partial charge in [-0.25, -0.2) is 15.0 Å². The molecule has 0 amide bonds. The van der Waals surface area contributed by atoms with E-state index in [0.717, 1.165) is 92.9 Å². The summed E-state index contributed by atoms with van der Waals surface area (Å²) in [5.41, 5.74) is 14.9. The molecule has 0 spiro atoms. The van der Waals surface area contributed by atoms with Crippen molar-refractivity contribution in [3.8, 4) is 50.0 Å². The van der Waals surface area contributed by atoms with Gasteiger partial charge in [0.25, 0.3) is 0 Å². The van der Waals surface area contributed by atoms with E-state index >= 15 is 0 Å². The number of aromatic nitrogens is 4. The van der Waals surface area contributed by atoms with E-state index in [0.29, 0.717) is 5.95 Å². The highest BCUT2D eigenvalue weighted by Crippen LogP contribution is 2.43. The van der Waals surface area contributed by atoms with E-state index in [2.05, 4.69) is 240 Å². The fraction of sp³-hybridized carbons (Fsp3) is 0. The molecule has 0 N–H and O–H groups in total. The minimum atomic E-state index is 0.619. The molecule has 314 valence electrons. The summed E-state index contributed by atoms with van der Waals surface area (Å²) in [5, 5.41) is 6.70. The van der Waals surface area contributed by atoms with Crippen molar-refractivity contribution >= 4 is 82.1 Å². The largest absolute Gasteiger partial charge is 0.311 e. The fourth-order valence-corrected chi connectivity index (χ4v) is 10.8. The third-order valence-corrected chi connectivity index (χ3v) is 14.0. The predicted octanol–water partition coefficient (Wildman–Crippen LogP) is 16.6. The van der Waals surface area contributed by atoms with Crippen LogP contribution in [0.15, 0.2) is 237 Å². The van der Waals surface area contributed by atoms with Gasteiger partial charge in [-0.2, -0.15) is 0 Å². The Morgan fingerprint density at radius 2 is 0.985 bits per heavy atom. The van der Waals surface area contributed by atoms with Crippen LogP contribution in [0.1, 0.15) is 0 Å². The molecule has 13 aromatic rings. The third kappa shape index (κ3) is 6.73. The van der Waals surface area contributed by atoms with E-state index in [1.807, 2.05) is 6.07 Å². The van der Waals surface area contributed by atoms with Crippen LogP contribution in [0.4, 0.5) is 17.1 Å². The summed E-state index contributed by atoms with van der Waals surface area (Å²) in [5.74, 6) is 0.619. The Bertz CT molecular complexity index is 3910. The standard InChI is InChI=1S/C61H39N5S/c1-4-16-44(17-5-1)60-62-55-37-36-51-53-39-45(40-31-34-48(35-32-40)65(46-19-6-2-7-20-46)47-21-8-3-9-22-47)33-38-56(53)66(58(51)59(55)67-60)61-63-54-26-13-12-24-52(54)57(64-61)43-29-27-42(28-30-43)50-25-14-18-41-15-10-11-23-49(41)50/h1-39H. The van der Waals surface area contributed by atoms with Crippen LogP contribution in [-0.4, -0.2) is 19.5 Å². The van der Waals surface area contributed by atoms with Gasteiger partial charge in [0.1, 0.15) is 5.01 Å². The van der Waals surface area contributed by atoms with Gasteiger partial charge in [-0.15, -0.1) is 11.3 Å². The fourth-order valence-electron chi connectivity index (χ4n) is 9.65. The Morgan fingerprint density at radius 1 is 0.373 bits per heavy atom. The van der Waals surface area contributed by atoms with E-state index in [9.17, 15) is 0 Å². The second kappa shape index (κ2) is 16.1. The lowest BCUT2D eigenvalue weighted by atomic mass is 9.96. The van der Waals surface area contributed by atoms with E-state index in [1.165, 1.54) is 21.9 Å². The van der Waals surface area contributed by atoms with Crippen molar-refractivity contribution in [1.29, 1.82) is 0 Å². The zero-order valence-corrected chi connectivity index (χ0v) is 37.0. The zero-order valence-electron chi connectivity index (χ0n) is 36.2. The van der Waals surface area contributed by atoms with Gasteiger partial charge in [-0.05, 0) is 99.8 Å². The van der Waals surface area contributed by atoms with Crippen LogP contribution in [0.2, 0.25) is 0 Å². The smallest absolute Gasteiger partial charge is 0.235 e. The van der Waals surface area contributed by atoms with Crippen molar-refractivity contribution in [3.05, 3.63) is 237 Å². The molecule has 0 aliphatic carbocycles. The molecule has 10 aromatic carbocycles. The number of nitrogens with zero attached hydrogens (tertiary/aromatic N) is 5. The summed E-state index contributed by atoms with van der Waals surface area (Å²) in [6.45, 7) is 0. The quantitative estimate of drug-likeness (QED) is 0.153. The Balaban J connectivity index is 0.981. The number of thiazole rings is 1. The topological polar surface area (TPSA) is 46.8 Å². The lowest BCUT2D eigenvalue weighted by molar-refractivity contribution is 1.02. The number of fused-ring (bicyclic) bond motifs is 7. The van der Waals surface area contributed by atoms with E-state index in [-0.39, 0.29) is 0 Å². The van der Waals surface area contributed by atoms with Crippen molar-refractivity contribution in [2.24, 2.45) is 0 Å². The minimum Gasteiger partial charge on any atom is -0.311 e. The Kier molecular flexibility index (Phi) is 9.29. The van der Waals surface area contributed by atoms with Crippen LogP contribution in [0, 0.1) is 0 Å². The molecule has 0 fully saturated rings. The highest BCUT2D eigenvalue weighted by Gasteiger charge is 2.22. The van der Waals surface area contributed by atoms with Crippen LogP contribution in [0.5, 0.6) is 0 Å². The maximum absolute atomic E-state index is 5.53. The van der Waals surface area contributed by atoms with Crippen LogP contribution in [0.25, 0.3) is 104 Å². The van der Waals surface area contributed by atoms with Crippen LogP contribution >= 0.6 is 11.3 Å². The van der Waals surface area contributed by atoms with Crippen LogP contribution in [0.3, 0.4) is 0 Å². The van der Waals surface area contributed by atoms with Gasteiger partial charge in [0.2, 0.25) is 5.95 Å². The summed E-state index contributed by atoms with van der Waals surface area (Å²) in [6.07, 6.45) is 0. The number of anilines is 3.